The van der Waals surface area contributed by atoms with Crippen LogP contribution in [0.1, 0.15) is 52.6 Å². The van der Waals surface area contributed by atoms with Gasteiger partial charge in [-0.2, -0.15) is 0 Å². The molecule has 0 radical (unpaired) electrons. The lowest BCUT2D eigenvalue weighted by atomic mass is 10.1. The molecule has 0 spiro atoms. The number of amides is 1. The molecule has 14 nitrogen and oxygen atoms in total. The number of hydrogen-bond acceptors (Lipinski definition) is 10. The number of carbonyl (C=O) groups is 4. The zero-order valence-electron chi connectivity index (χ0n) is 29.3. The summed E-state index contributed by atoms with van der Waals surface area (Å²) in [6.07, 6.45) is 0. The molecule has 0 fully saturated rings. The van der Waals surface area contributed by atoms with Gasteiger partial charge in [-0.05, 0) is 71.8 Å². The average molecular weight is 732 g/mol. The number of carbonyl (C=O) groups excluding carboxylic acids is 3. The van der Waals surface area contributed by atoms with Gasteiger partial charge in [-0.25, -0.2) is 19.2 Å². The molecule has 276 valence electrons. The van der Waals surface area contributed by atoms with Crippen LogP contribution in [-0.4, -0.2) is 52.7 Å². The van der Waals surface area contributed by atoms with Crippen LogP contribution in [0.3, 0.4) is 0 Å². The Morgan fingerprint density at radius 2 is 1.15 bits per heavy atom. The number of hydrogen-bond donors (Lipinski definition) is 5. The lowest BCUT2D eigenvalue weighted by molar-refractivity contribution is 0.0592. The number of benzene rings is 5. The van der Waals surface area contributed by atoms with E-state index in [1.54, 1.807) is 115 Å². The number of aromatic carboxylic acids is 1. The topological polar surface area (TPSA) is 226 Å². The number of methoxy groups -OCH3 is 2. The van der Waals surface area contributed by atoms with E-state index in [1.165, 1.54) is 20.3 Å². The van der Waals surface area contributed by atoms with Crippen LogP contribution in [0.15, 0.2) is 131 Å². The summed E-state index contributed by atoms with van der Waals surface area (Å²) in [5.74, 6) is -2.04. The number of rotatable bonds is 8. The summed E-state index contributed by atoms with van der Waals surface area (Å²) in [7, 11) is 2.64. The number of nitrogens with two attached hydrogens (primary N) is 2. The summed E-state index contributed by atoms with van der Waals surface area (Å²) in [6, 6.07) is 33.5. The van der Waals surface area contributed by atoms with E-state index < -0.39 is 17.6 Å². The Kier molecular flexibility index (Phi) is 13.6. The summed E-state index contributed by atoms with van der Waals surface area (Å²) in [5.41, 5.74) is 14.6. The maximum absolute atomic E-state index is 12.4. The Balaban J connectivity index is 0.000000194. The Labute approximate surface area is 308 Å². The molecule has 0 bridgehead atoms. The van der Waals surface area contributed by atoms with Gasteiger partial charge in [0.05, 0.1) is 53.9 Å². The molecule has 7 N–H and O–H groups in total. The minimum atomic E-state index is -0.988. The summed E-state index contributed by atoms with van der Waals surface area (Å²) in [4.78, 5) is 72.3. The van der Waals surface area contributed by atoms with E-state index in [1.807, 2.05) is 0 Å². The fraction of sp³-hybridized carbons (Fsp3) is 0.100. The third kappa shape index (κ3) is 10.3. The molecule has 1 heterocycles. The zero-order chi connectivity index (χ0) is 39.2. The minimum Gasteiger partial charge on any atom is -0.478 e. The van der Waals surface area contributed by atoms with E-state index in [0.717, 1.165) is 15.7 Å². The van der Waals surface area contributed by atoms with Crippen LogP contribution in [0, 0.1) is 0 Å². The van der Waals surface area contributed by atoms with Crippen molar-refractivity contribution in [2.24, 2.45) is 0 Å². The summed E-state index contributed by atoms with van der Waals surface area (Å²) >= 11 is 0. The highest BCUT2D eigenvalue weighted by Gasteiger charge is 2.11. The maximum atomic E-state index is 12.4. The Morgan fingerprint density at radius 3 is 1.65 bits per heavy atom. The zero-order valence-corrected chi connectivity index (χ0v) is 29.3. The molecule has 54 heavy (non-hydrogen) atoms. The number of H-pyrrole nitrogens is 1. The molecule has 6 rings (SSSR count). The summed E-state index contributed by atoms with van der Waals surface area (Å²) < 4.78 is 10.4. The van der Waals surface area contributed by atoms with Gasteiger partial charge >= 0.3 is 23.6 Å². The Hall–Kier alpha value is -7.48. The number of fused-ring (bicyclic) bond motifs is 1. The van der Waals surface area contributed by atoms with Gasteiger partial charge in [-0.1, -0.05) is 60.7 Å². The van der Waals surface area contributed by atoms with Gasteiger partial charge in [-0.15, -0.1) is 0 Å². The Bertz CT molecular complexity index is 2390. The van der Waals surface area contributed by atoms with Crippen molar-refractivity contribution in [2.45, 2.75) is 13.1 Å². The van der Waals surface area contributed by atoms with Gasteiger partial charge in [-0.3, -0.25) is 14.2 Å². The van der Waals surface area contributed by atoms with Gasteiger partial charge in [0.25, 0.3) is 11.5 Å². The first-order valence-electron chi connectivity index (χ1n) is 16.2. The number of carboxylic acids is 1. The second kappa shape index (κ2) is 18.7. The van der Waals surface area contributed by atoms with Crippen molar-refractivity contribution in [2.75, 3.05) is 25.7 Å². The summed E-state index contributed by atoms with van der Waals surface area (Å²) in [6.45, 7) is 0.481. The number of aromatic nitrogens is 2. The van der Waals surface area contributed by atoms with Crippen molar-refractivity contribution in [3.8, 4) is 0 Å². The first-order chi connectivity index (χ1) is 25.9. The first-order valence-corrected chi connectivity index (χ1v) is 16.2. The average Bonchev–Trinajstić information content (AvgIpc) is 3.19. The van der Waals surface area contributed by atoms with Crippen molar-refractivity contribution in [3.05, 3.63) is 176 Å². The fourth-order valence-corrected chi connectivity index (χ4v) is 4.94. The molecule has 5 aromatic carbocycles. The molecular formula is C40H37N5O9. The largest absolute Gasteiger partial charge is 0.478 e. The SMILES string of the molecule is COC(=O)c1ccc(CNC(=O)c2ccccc2N)cc1.COC(=O)c1ccc(Cn2c(=O)[nH]c3ccccc3c2=O)cc1.Nc1ccccc1C(=O)O. The van der Waals surface area contributed by atoms with Gasteiger partial charge < -0.3 is 36.3 Å². The number of para-hydroxylation sites is 3. The number of aromatic amines is 1. The molecule has 1 aromatic heterocycles. The number of ether oxygens (including phenoxy) is 2. The van der Waals surface area contributed by atoms with E-state index in [0.29, 0.717) is 45.5 Å². The summed E-state index contributed by atoms with van der Waals surface area (Å²) in [5, 5.41) is 11.7. The lowest BCUT2D eigenvalue weighted by Gasteiger charge is -2.08. The number of nitrogen functional groups attached to an aromatic ring is 2. The quantitative estimate of drug-likeness (QED) is 0.108. The molecule has 0 aliphatic heterocycles. The normalized spacial score (nSPS) is 10.1. The third-order valence-corrected chi connectivity index (χ3v) is 7.83. The van der Waals surface area contributed by atoms with Crippen LogP contribution >= 0.6 is 0 Å². The maximum Gasteiger partial charge on any atom is 0.337 e. The molecule has 0 atom stereocenters. The molecular weight excluding hydrogens is 694 g/mol. The van der Waals surface area contributed by atoms with Crippen LogP contribution < -0.4 is 28.0 Å². The number of carboxylic acid groups (broad SMARTS) is 1. The second-order valence-electron chi connectivity index (χ2n) is 11.4. The monoisotopic (exact) mass is 731 g/mol. The van der Waals surface area contributed by atoms with E-state index >= 15 is 0 Å². The van der Waals surface area contributed by atoms with E-state index in [2.05, 4.69) is 19.8 Å². The molecule has 6 aromatic rings. The van der Waals surface area contributed by atoms with Gasteiger partial charge in [0.1, 0.15) is 0 Å². The first kappa shape index (κ1) is 39.3. The highest BCUT2D eigenvalue weighted by molar-refractivity contribution is 5.99. The predicted molar refractivity (Wildman–Crippen MR) is 203 cm³/mol. The van der Waals surface area contributed by atoms with E-state index in [9.17, 15) is 28.8 Å². The number of anilines is 2. The Morgan fingerprint density at radius 1 is 0.667 bits per heavy atom. The van der Waals surface area contributed by atoms with Crippen molar-refractivity contribution < 1.29 is 33.8 Å². The highest BCUT2D eigenvalue weighted by atomic mass is 16.5. The predicted octanol–water partition coefficient (Wildman–Crippen LogP) is 4.48. The number of nitrogens with one attached hydrogen (secondary N) is 2. The third-order valence-electron chi connectivity index (χ3n) is 7.83. The highest BCUT2D eigenvalue weighted by Crippen LogP contribution is 2.12. The standard InChI is InChI=1S/C17H14N2O4.C16H16N2O3.C7H7NO2/c1-23-16(21)12-8-6-11(7-9-12)10-19-15(20)13-4-2-3-5-14(13)18-17(19)22;1-21-16(20)12-8-6-11(7-9-12)10-18-15(19)13-4-2-3-5-14(13)17;8-6-4-2-1-3-5(6)7(9)10/h2-9H,10H2,1H3,(H,18,22);2-9H,10,17H2,1H3,(H,18,19);1-4H,8H2,(H,9,10). The molecule has 0 unspecified atom stereocenters. The van der Waals surface area contributed by atoms with E-state index in [4.69, 9.17) is 16.6 Å². The van der Waals surface area contributed by atoms with Crippen LogP contribution in [-0.2, 0) is 22.6 Å². The molecule has 0 saturated carbocycles. The molecule has 14 heteroatoms. The minimum absolute atomic E-state index is 0.125. The van der Waals surface area contributed by atoms with Crippen LogP contribution in [0.4, 0.5) is 11.4 Å². The lowest BCUT2D eigenvalue weighted by Crippen LogP contribution is -2.35. The van der Waals surface area contributed by atoms with E-state index in [-0.39, 0.29) is 29.5 Å². The van der Waals surface area contributed by atoms with Gasteiger partial charge in [0.2, 0.25) is 0 Å². The van der Waals surface area contributed by atoms with Crippen LogP contribution in [0.25, 0.3) is 10.9 Å². The number of esters is 2. The van der Waals surface area contributed by atoms with Crippen LogP contribution in [0.2, 0.25) is 0 Å². The van der Waals surface area contributed by atoms with Gasteiger partial charge in [0, 0.05) is 17.9 Å². The molecule has 0 saturated heterocycles. The van der Waals surface area contributed by atoms with Crippen molar-refractivity contribution in [1.82, 2.24) is 14.9 Å². The molecule has 1 amide bonds. The second-order valence-corrected chi connectivity index (χ2v) is 11.4. The molecule has 0 aliphatic rings. The smallest absolute Gasteiger partial charge is 0.337 e. The van der Waals surface area contributed by atoms with Crippen molar-refractivity contribution in [1.29, 1.82) is 0 Å². The fourth-order valence-electron chi connectivity index (χ4n) is 4.94. The van der Waals surface area contributed by atoms with Crippen LogP contribution in [0.5, 0.6) is 0 Å². The van der Waals surface area contributed by atoms with Crippen molar-refractivity contribution >= 4 is 46.1 Å². The van der Waals surface area contributed by atoms with Crippen molar-refractivity contribution in [3.63, 3.8) is 0 Å². The molecule has 0 aliphatic carbocycles. The number of nitrogens with zero attached hydrogens (tertiary/aromatic N) is 1. The van der Waals surface area contributed by atoms with Gasteiger partial charge in [0.15, 0.2) is 0 Å².